The molecule has 2 nitrogen and oxygen atoms in total. The van der Waals surface area contributed by atoms with Gasteiger partial charge in [-0.1, -0.05) is 56.9 Å². The summed E-state index contributed by atoms with van der Waals surface area (Å²) in [6.45, 7) is 2.25. The van der Waals surface area contributed by atoms with Crippen molar-refractivity contribution in [2.24, 2.45) is 0 Å². The van der Waals surface area contributed by atoms with Crippen LogP contribution in [0, 0.1) is 0 Å². The van der Waals surface area contributed by atoms with E-state index >= 15 is 0 Å². The minimum atomic E-state index is -0.691. The van der Waals surface area contributed by atoms with Crippen molar-refractivity contribution in [1.82, 2.24) is 0 Å². The van der Waals surface area contributed by atoms with Crippen molar-refractivity contribution >= 4 is 5.97 Å². The topological polar surface area (TPSA) is 37.3 Å². The lowest BCUT2D eigenvalue weighted by molar-refractivity contribution is -0.137. The van der Waals surface area contributed by atoms with Crippen molar-refractivity contribution in [1.29, 1.82) is 0 Å². The number of aryl methyl sites for hydroxylation is 2. The summed E-state index contributed by atoms with van der Waals surface area (Å²) < 4.78 is 0. The summed E-state index contributed by atoms with van der Waals surface area (Å²) in [5.41, 5.74) is 2.75. The van der Waals surface area contributed by atoms with Crippen LogP contribution in [0.4, 0.5) is 0 Å². The average Bonchev–Trinajstić information content (AvgIpc) is 2.44. The van der Waals surface area contributed by atoms with Crippen LogP contribution in [0.1, 0.15) is 69.4 Å². The maximum absolute atomic E-state index is 10.4. The highest BCUT2D eigenvalue weighted by Crippen LogP contribution is 2.12. The van der Waals surface area contributed by atoms with Gasteiger partial charge in [-0.25, -0.2) is 0 Å². The SMILES string of the molecule is CCCCCCCc1ccc(CCCCC(=O)O)cc1. The zero-order valence-corrected chi connectivity index (χ0v) is 12.7. The first-order chi connectivity index (χ1) is 9.72. The van der Waals surface area contributed by atoms with E-state index in [2.05, 4.69) is 31.2 Å². The highest BCUT2D eigenvalue weighted by atomic mass is 16.4. The van der Waals surface area contributed by atoms with Gasteiger partial charge in [0.25, 0.3) is 0 Å². The summed E-state index contributed by atoms with van der Waals surface area (Å²) in [6, 6.07) is 8.85. The van der Waals surface area contributed by atoms with Crippen molar-refractivity contribution in [3.05, 3.63) is 35.4 Å². The molecule has 0 bridgehead atoms. The Hall–Kier alpha value is -1.31. The molecule has 1 rings (SSSR count). The molecule has 0 fully saturated rings. The number of aliphatic carboxylic acids is 1. The van der Waals surface area contributed by atoms with E-state index in [4.69, 9.17) is 5.11 Å². The lowest BCUT2D eigenvalue weighted by Gasteiger charge is -2.04. The number of unbranched alkanes of at least 4 members (excludes halogenated alkanes) is 5. The van der Waals surface area contributed by atoms with Gasteiger partial charge in [0.2, 0.25) is 0 Å². The van der Waals surface area contributed by atoms with E-state index in [-0.39, 0.29) is 6.42 Å². The Morgan fingerprint density at radius 2 is 1.35 bits per heavy atom. The summed E-state index contributed by atoms with van der Waals surface area (Å²) >= 11 is 0. The number of benzene rings is 1. The van der Waals surface area contributed by atoms with Crippen LogP contribution in [0.15, 0.2) is 24.3 Å². The smallest absolute Gasteiger partial charge is 0.303 e. The molecule has 0 unspecified atom stereocenters. The first-order valence-electron chi connectivity index (χ1n) is 8.02. The van der Waals surface area contributed by atoms with Gasteiger partial charge >= 0.3 is 5.97 Å². The molecular weight excluding hydrogens is 248 g/mol. The molecule has 0 aliphatic carbocycles. The number of hydrogen-bond donors (Lipinski definition) is 1. The molecule has 0 amide bonds. The minimum absolute atomic E-state index is 0.288. The minimum Gasteiger partial charge on any atom is -0.481 e. The Kier molecular flexibility index (Phi) is 8.77. The second-order valence-electron chi connectivity index (χ2n) is 5.58. The van der Waals surface area contributed by atoms with E-state index in [9.17, 15) is 4.79 Å². The molecule has 2 heteroatoms. The van der Waals surface area contributed by atoms with Crippen molar-refractivity contribution in [2.75, 3.05) is 0 Å². The van der Waals surface area contributed by atoms with E-state index in [1.54, 1.807) is 0 Å². The van der Waals surface area contributed by atoms with E-state index in [0.717, 1.165) is 19.3 Å². The van der Waals surface area contributed by atoms with Crippen LogP contribution in [-0.2, 0) is 17.6 Å². The van der Waals surface area contributed by atoms with Gasteiger partial charge in [-0.2, -0.15) is 0 Å². The van der Waals surface area contributed by atoms with E-state index in [0.29, 0.717) is 0 Å². The highest BCUT2D eigenvalue weighted by molar-refractivity contribution is 5.66. The largest absolute Gasteiger partial charge is 0.481 e. The molecule has 0 saturated heterocycles. The third-order valence-electron chi connectivity index (χ3n) is 3.70. The molecule has 0 aliphatic heterocycles. The molecule has 1 aromatic rings. The summed E-state index contributed by atoms with van der Waals surface area (Å²) in [6.07, 6.45) is 10.8. The zero-order valence-electron chi connectivity index (χ0n) is 12.7. The van der Waals surface area contributed by atoms with Crippen LogP contribution in [0.5, 0.6) is 0 Å². The number of carboxylic acid groups (broad SMARTS) is 1. The number of hydrogen-bond acceptors (Lipinski definition) is 1. The monoisotopic (exact) mass is 276 g/mol. The van der Waals surface area contributed by atoms with E-state index in [1.165, 1.54) is 49.7 Å². The van der Waals surface area contributed by atoms with Crippen molar-refractivity contribution in [2.45, 2.75) is 71.1 Å². The molecule has 0 atom stereocenters. The predicted molar refractivity (Wildman–Crippen MR) is 84.1 cm³/mol. The maximum Gasteiger partial charge on any atom is 0.303 e. The normalized spacial score (nSPS) is 10.7. The van der Waals surface area contributed by atoms with Crippen LogP contribution in [0.25, 0.3) is 0 Å². The lowest BCUT2D eigenvalue weighted by Crippen LogP contribution is -1.95. The van der Waals surface area contributed by atoms with Gasteiger partial charge in [-0.15, -0.1) is 0 Å². The van der Waals surface area contributed by atoms with Gasteiger partial charge in [0.15, 0.2) is 0 Å². The Morgan fingerprint density at radius 1 is 0.850 bits per heavy atom. The molecular formula is C18H28O2. The molecule has 0 saturated carbocycles. The molecule has 0 aliphatic rings. The Balaban J connectivity index is 2.17. The summed E-state index contributed by atoms with van der Waals surface area (Å²) in [5.74, 6) is -0.691. The summed E-state index contributed by atoms with van der Waals surface area (Å²) in [7, 11) is 0. The van der Waals surface area contributed by atoms with Crippen LogP contribution in [0.2, 0.25) is 0 Å². The molecule has 0 aromatic heterocycles. The van der Waals surface area contributed by atoms with Crippen molar-refractivity contribution in [3.8, 4) is 0 Å². The lowest BCUT2D eigenvalue weighted by atomic mass is 10.0. The van der Waals surface area contributed by atoms with Gasteiger partial charge in [-0.3, -0.25) is 4.79 Å². The predicted octanol–water partition coefficient (Wildman–Crippen LogP) is 5.00. The van der Waals surface area contributed by atoms with Crippen LogP contribution in [0.3, 0.4) is 0 Å². The fourth-order valence-electron chi connectivity index (χ4n) is 2.41. The number of carboxylic acids is 1. The second kappa shape index (κ2) is 10.5. The molecule has 1 N–H and O–H groups in total. The molecule has 1 aromatic carbocycles. The summed E-state index contributed by atoms with van der Waals surface area (Å²) in [5, 5.41) is 8.58. The fraction of sp³-hybridized carbons (Fsp3) is 0.611. The zero-order chi connectivity index (χ0) is 14.6. The van der Waals surface area contributed by atoms with Crippen molar-refractivity contribution < 1.29 is 9.90 Å². The van der Waals surface area contributed by atoms with Gasteiger partial charge < -0.3 is 5.11 Å². The van der Waals surface area contributed by atoms with Crippen LogP contribution < -0.4 is 0 Å². The second-order valence-corrected chi connectivity index (χ2v) is 5.58. The van der Waals surface area contributed by atoms with Crippen molar-refractivity contribution in [3.63, 3.8) is 0 Å². The average molecular weight is 276 g/mol. The van der Waals surface area contributed by atoms with Gasteiger partial charge in [-0.05, 0) is 43.2 Å². The van der Waals surface area contributed by atoms with Crippen LogP contribution in [-0.4, -0.2) is 11.1 Å². The maximum atomic E-state index is 10.4. The third-order valence-corrected chi connectivity index (χ3v) is 3.70. The van der Waals surface area contributed by atoms with Gasteiger partial charge in [0, 0.05) is 6.42 Å². The molecule has 0 spiro atoms. The highest BCUT2D eigenvalue weighted by Gasteiger charge is 1.99. The number of rotatable bonds is 11. The Bertz CT molecular complexity index is 368. The Morgan fingerprint density at radius 3 is 1.85 bits per heavy atom. The molecule has 112 valence electrons. The van der Waals surface area contributed by atoms with E-state index in [1.807, 2.05) is 0 Å². The first kappa shape index (κ1) is 16.7. The quantitative estimate of drug-likeness (QED) is 0.578. The standard InChI is InChI=1S/C18H28O2/c1-2-3-4-5-6-9-16-12-14-17(15-13-16)10-7-8-11-18(19)20/h12-15H,2-11H2,1H3,(H,19,20). The molecule has 0 heterocycles. The van der Waals surface area contributed by atoms with Gasteiger partial charge in [0.1, 0.15) is 0 Å². The summed E-state index contributed by atoms with van der Waals surface area (Å²) in [4.78, 5) is 10.4. The number of carbonyl (C=O) groups is 1. The third kappa shape index (κ3) is 7.98. The first-order valence-corrected chi connectivity index (χ1v) is 8.02. The van der Waals surface area contributed by atoms with Crippen LogP contribution >= 0.6 is 0 Å². The Labute approximate surface area is 123 Å². The van der Waals surface area contributed by atoms with Gasteiger partial charge in [0.05, 0.1) is 0 Å². The molecule has 0 radical (unpaired) electrons. The van der Waals surface area contributed by atoms with E-state index < -0.39 is 5.97 Å². The fourth-order valence-corrected chi connectivity index (χ4v) is 2.41. The molecule has 20 heavy (non-hydrogen) atoms.